The van der Waals surface area contributed by atoms with Gasteiger partial charge in [0.05, 0.1) is 5.54 Å². The molecule has 1 saturated carbocycles. The zero-order chi connectivity index (χ0) is 11.6. The lowest BCUT2D eigenvalue weighted by molar-refractivity contribution is 0.159. The lowest BCUT2D eigenvalue weighted by atomic mass is 9.76. The van der Waals surface area contributed by atoms with Crippen LogP contribution in [0.25, 0.3) is 0 Å². The minimum absolute atomic E-state index is 0.00118. The largest absolute Gasteiger partial charge is 0.340 e. The van der Waals surface area contributed by atoms with Crippen molar-refractivity contribution in [1.29, 1.82) is 0 Å². The van der Waals surface area contributed by atoms with Crippen molar-refractivity contribution in [2.24, 2.45) is 5.92 Å². The third-order valence-corrected chi connectivity index (χ3v) is 3.65. The Balaban J connectivity index is 2.02. The normalized spacial score (nSPS) is 20.4. The Kier molecular flexibility index (Phi) is 3.28. The minimum atomic E-state index is 0.00118. The Morgan fingerprint density at radius 2 is 2.25 bits per heavy atom. The second-order valence-electron chi connectivity index (χ2n) is 4.97. The zero-order valence-corrected chi connectivity index (χ0v) is 10.4. The molecule has 0 radical (unpaired) electrons. The van der Waals surface area contributed by atoms with Crippen LogP contribution in [0.2, 0.25) is 0 Å². The molecule has 4 heteroatoms. The molecule has 0 bridgehead atoms. The van der Waals surface area contributed by atoms with Crippen LogP contribution >= 0.6 is 0 Å². The van der Waals surface area contributed by atoms with Crippen molar-refractivity contribution >= 4 is 0 Å². The van der Waals surface area contributed by atoms with E-state index in [4.69, 9.17) is 4.52 Å². The summed E-state index contributed by atoms with van der Waals surface area (Å²) in [6.45, 7) is 7.36. The molecule has 1 unspecified atom stereocenters. The maximum atomic E-state index is 5.08. The molecule has 1 fully saturated rings. The van der Waals surface area contributed by atoms with Crippen LogP contribution in [0.3, 0.4) is 0 Å². The average molecular weight is 223 g/mol. The molecule has 0 aromatic carbocycles. The third kappa shape index (κ3) is 2.12. The van der Waals surface area contributed by atoms with Gasteiger partial charge in [-0.3, -0.25) is 0 Å². The standard InChI is InChI=1S/C12H21N3O/c1-4-9(2)8-13-12(6-5-7-12)11-14-10(3)16-15-11/h9,13H,4-8H2,1-3H3. The summed E-state index contributed by atoms with van der Waals surface area (Å²) in [5.74, 6) is 2.21. The first-order valence-corrected chi connectivity index (χ1v) is 6.22. The molecular formula is C12H21N3O. The zero-order valence-electron chi connectivity index (χ0n) is 10.4. The molecule has 2 rings (SSSR count). The molecule has 1 atom stereocenters. The van der Waals surface area contributed by atoms with Crippen molar-refractivity contribution in [1.82, 2.24) is 15.5 Å². The van der Waals surface area contributed by atoms with Gasteiger partial charge in [0.2, 0.25) is 5.89 Å². The number of aryl methyl sites for hydroxylation is 1. The van der Waals surface area contributed by atoms with Crippen LogP contribution in [-0.2, 0) is 5.54 Å². The van der Waals surface area contributed by atoms with Gasteiger partial charge in [0.1, 0.15) is 0 Å². The van der Waals surface area contributed by atoms with Gasteiger partial charge in [-0.2, -0.15) is 4.98 Å². The summed E-state index contributed by atoms with van der Waals surface area (Å²) < 4.78 is 5.08. The SMILES string of the molecule is CCC(C)CNC1(c2noc(C)n2)CCC1. The summed E-state index contributed by atoms with van der Waals surface area (Å²) in [7, 11) is 0. The molecule has 1 N–H and O–H groups in total. The number of hydrogen-bond acceptors (Lipinski definition) is 4. The van der Waals surface area contributed by atoms with Crippen molar-refractivity contribution < 1.29 is 4.52 Å². The molecule has 0 spiro atoms. The fourth-order valence-corrected chi connectivity index (χ4v) is 2.02. The highest BCUT2D eigenvalue weighted by molar-refractivity contribution is 5.10. The topological polar surface area (TPSA) is 51.0 Å². The molecule has 1 aliphatic carbocycles. The molecule has 4 nitrogen and oxygen atoms in total. The molecular weight excluding hydrogens is 202 g/mol. The first-order valence-electron chi connectivity index (χ1n) is 6.22. The summed E-state index contributed by atoms with van der Waals surface area (Å²) in [5.41, 5.74) is 0.00118. The van der Waals surface area contributed by atoms with Crippen LogP contribution in [0.15, 0.2) is 4.52 Å². The van der Waals surface area contributed by atoms with Crippen LogP contribution < -0.4 is 5.32 Å². The van der Waals surface area contributed by atoms with Crippen LogP contribution in [0.4, 0.5) is 0 Å². The van der Waals surface area contributed by atoms with Crippen molar-refractivity contribution in [3.8, 4) is 0 Å². The van der Waals surface area contributed by atoms with Gasteiger partial charge in [0.25, 0.3) is 0 Å². The monoisotopic (exact) mass is 223 g/mol. The van der Waals surface area contributed by atoms with Gasteiger partial charge in [0.15, 0.2) is 5.82 Å². The van der Waals surface area contributed by atoms with Crippen LogP contribution in [-0.4, -0.2) is 16.7 Å². The number of rotatable bonds is 5. The van der Waals surface area contributed by atoms with E-state index in [1.807, 2.05) is 6.92 Å². The summed E-state index contributed by atoms with van der Waals surface area (Å²) in [6, 6.07) is 0. The Labute approximate surface area is 96.8 Å². The van der Waals surface area contributed by atoms with E-state index in [1.54, 1.807) is 0 Å². The fraction of sp³-hybridized carbons (Fsp3) is 0.833. The molecule has 0 amide bonds. The predicted molar refractivity (Wildman–Crippen MR) is 62.0 cm³/mol. The van der Waals surface area contributed by atoms with Crippen molar-refractivity contribution in [3.05, 3.63) is 11.7 Å². The van der Waals surface area contributed by atoms with Gasteiger partial charge in [0, 0.05) is 6.92 Å². The van der Waals surface area contributed by atoms with Gasteiger partial charge >= 0.3 is 0 Å². The average Bonchev–Trinajstić information content (AvgIpc) is 2.63. The highest BCUT2D eigenvalue weighted by atomic mass is 16.5. The number of nitrogens with one attached hydrogen (secondary N) is 1. The van der Waals surface area contributed by atoms with E-state index in [9.17, 15) is 0 Å². The van der Waals surface area contributed by atoms with E-state index in [-0.39, 0.29) is 5.54 Å². The Bertz CT molecular complexity index is 344. The van der Waals surface area contributed by atoms with Crippen molar-refractivity contribution in [2.45, 2.75) is 52.0 Å². The lowest BCUT2D eigenvalue weighted by Gasteiger charge is -2.40. The summed E-state index contributed by atoms with van der Waals surface area (Å²) >= 11 is 0. The highest BCUT2D eigenvalue weighted by Crippen LogP contribution is 2.39. The highest BCUT2D eigenvalue weighted by Gasteiger charge is 2.42. The first-order chi connectivity index (χ1) is 7.66. The second kappa shape index (κ2) is 4.53. The summed E-state index contributed by atoms with van der Waals surface area (Å²) in [5, 5.41) is 7.69. The van der Waals surface area contributed by atoms with E-state index >= 15 is 0 Å². The molecule has 1 heterocycles. The summed E-state index contributed by atoms with van der Waals surface area (Å²) in [6.07, 6.45) is 4.71. The number of nitrogens with zero attached hydrogens (tertiary/aromatic N) is 2. The van der Waals surface area contributed by atoms with Gasteiger partial charge in [-0.1, -0.05) is 25.4 Å². The van der Waals surface area contributed by atoms with E-state index in [0.717, 1.165) is 25.2 Å². The quantitative estimate of drug-likeness (QED) is 0.832. The van der Waals surface area contributed by atoms with Crippen molar-refractivity contribution in [2.75, 3.05) is 6.54 Å². The molecule has 90 valence electrons. The van der Waals surface area contributed by atoms with Gasteiger partial charge in [-0.25, -0.2) is 0 Å². The van der Waals surface area contributed by atoms with Gasteiger partial charge in [-0.15, -0.1) is 0 Å². The van der Waals surface area contributed by atoms with E-state index in [2.05, 4.69) is 29.3 Å². The minimum Gasteiger partial charge on any atom is -0.340 e. The second-order valence-corrected chi connectivity index (χ2v) is 4.97. The molecule has 0 aliphatic heterocycles. The number of aromatic nitrogens is 2. The lowest BCUT2D eigenvalue weighted by Crippen LogP contribution is -2.50. The predicted octanol–water partition coefficient (Wildman–Crippen LogP) is 2.39. The Hall–Kier alpha value is -0.900. The Morgan fingerprint density at radius 3 is 2.69 bits per heavy atom. The van der Waals surface area contributed by atoms with Gasteiger partial charge < -0.3 is 9.84 Å². The molecule has 1 aromatic rings. The molecule has 16 heavy (non-hydrogen) atoms. The van der Waals surface area contributed by atoms with E-state index in [0.29, 0.717) is 11.8 Å². The van der Waals surface area contributed by atoms with Gasteiger partial charge in [-0.05, 0) is 31.7 Å². The van der Waals surface area contributed by atoms with Crippen LogP contribution in [0.1, 0.15) is 51.2 Å². The number of hydrogen-bond donors (Lipinski definition) is 1. The van der Waals surface area contributed by atoms with E-state index in [1.165, 1.54) is 12.8 Å². The van der Waals surface area contributed by atoms with Crippen molar-refractivity contribution in [3.63, 3.8) is 0 Å². The molecule has 1 aromatic heterocycles. The third-order valence-electron chi connectivity index (χ3n) is 3.65. The summed E-state index contributed by atoms with van der Waals surface area (Å²) in [4.78, 5) is 4.37. The fourth-order valence-electron chi connectivity index (χ4n) is 2.02. The van der Waals surface area contributed by atoms with Crippen LogP contribution in [0, 0.1) is 12.8 Å². The maximum absolute atomic E-state index is 5.08. The molecule has 1 aliphatic rings. The first kappa shape index (κ1) is 11.6. The smallest absolute Gasteiger partial charge is 0.223 e. The Morgan fingerprint density at radius 1 is 1.50 bits per heavy atom. The maximum Gasteiger partial charge on any atom is 0.223 e. The molecule has 0 saturated heterocycles. The van der Waals surface area contributed by atoms with Crippen LogP contribution in [0.5, 0.6) is 0 Å². The van der Waals surface area contributed by atoms with E-state index < -0.39 is 0 Å².